The van der Waals surface area contributed by atoms with Crippen molar-refractivity contribution >= 4 is 27.8 Å². The molecule has 0 spiro atoms. The molecule has 0 atom stereocenters. The number of nitrogens with one attached hydrogen (secondary N) is 1. The molecule has 0 radical (unpaired) electrons. The largest absolute Gasteiger partial charge is 0.464 e. The van der Waals surface area contributed by atoms with Gasteiger partial charge in [-0.15, -0.1) is 0 Å². The Balaban J connectivity index is 1.36. The number of nitrogens with zero attached hydrogens (tertiary/aromatic N) is 2. The summed E-state index contributed by atoms with van der Waals surface area (Å²) in [6, 6.07) is 11.5. The highest BCUT2D eigenvalue weighted by molar-refractivity contribution is 5.88. The zero-order valence-electron chi connectivity index (χ0n) is 16.2. The molecule has 5 rings (SSSR count). The normalized spacial score (nSPS) is 13.1. The van der Waals surface area contributed by atoms with Crippen molar-refractivity contribution in [3.05, 3.63) is 75.5 Å². The number of amides is 1. The number of hydrogen-bond donors (Lipinski definition) is 1. The van der Waals surface area contributed by atoms with Gasteiger partial charge >= 0.3 is 0 Å². The Morgan fingerprint density at radius 1 is 1.17 bits per heavy atom. The standard InChI is InChI=1S/C23H21N3O3/c1-26(12-21-24-19-8-3-2-7-17(19)23(28)25-21)22(27)11-16-13-29-20-10-15-6-4-5-14(15)9-18(16)20/h2-3,7-10,13H,4-6,11-12H2,1H3,(H,24,25,28). The van der Waals surface area contributed by atoms with Crippen LogP contribution in [-0.4, -0.2) is 27.8 Å². The smallest absolute Gasteiger partial charge is 0.258 e. The number of H-pyrrole nitrogens is 1. The molecule has 0 aliphatic heterocycles. The molecule has 0 saturated carbocycles. The first-order chi connectivity index (χ1) is 14.1. The quantitative estimate of drug-likeness (QED) is 0.582. The first-order valence-electron chi connectivity index (χ1n) is 9.82. The van der Waals surface area contributed by atoms with Crippen molar-refractivity contribution < 1.29 is 9.21 Å². The second-order valence-corrected chi connectivity index (χ2v) is 7.69. The van der Waals surface area contributed by atoms with E-state index in [1.807, 2.05) is 6.07 Å². The van der Waals surface area contributed by atoms with Crippen molar-refractivity contribution in [3.63, 3.8) is 0 Å². The van der Waals surface area contributed by atoms with E-state index < -0.39 is 0 Å². The van der Waals surface area contributed by atoms with E-state index in [-0.39, 0.29) is 24.4 Å². The lowest BCUT2D eigenvalue weighted by Gasteiger charge is -2.16. The van der Waals surface area contributed by atoms with E-state index in [4.69, 9.17) is 4.42 Å². The number of rotatable bonds is 4. The van der Waals surface area contributed by atoms with Crippen LogP contribution in [-0.2, 0) is 30.6 Å². The van der Waals surface area contributed by atoms with E-state index in [0.717, 1.165) is 29.4 Å². The van der Waals surface area contributed by atoms with Crippen LogP contribution >= 0.6 is 0 Å². The van der Waals surface area contributed by atoms with E-state index in [9.17, 15) is 9.59 Å². The Bertz CT molecular complexity index is 1300. The van der Waals surface area contributed by atoms with Crippen LogP contribution < -0.4 is 5.56 Å². The summed E-state index contributed by atoms with van der Waals surface area (Å²) in [6.07, 6.45) is 5.29. The van der Waals surface area contributed by atoms with Crippen LogP contribution in [0.25, 0.3) is 21.9 Å². The van der Waals surface area contributed by atoms with Crippen molar-refractivity contribution in [1.82, 2.24) is 14.9 Å². The first-order valence-corrected chi connectivity index (χ1v) is 9.82. The molecule has 0 bridgehead atoms. The monoisotopic (exact) mass is 387 g/mol. The average Bonchev–Trinajstić information content (AvgIpc) is 3.32. The third-order valence-electron chi connectivity index (χ3n) is 5.68. The predicted octanol–water partition coefficient (Wildman–Crippen LogP) is 3.36. The first kappa shape index (κ1) is 17.7. The highest BCUT2D eigenvalue weighted by Gasteiger charge is 2.18. The van der Waals surface area contributed by atoms with Crippen molar-refractivity contribution in [2.45, 2.75) is 32.2 Å². The Hall–Kier alpha value is -3.41. The van der Waals surface area contributed by atoms with Gasteiger partial charge in [-0.3, -0.25) is 9.59 Å². The second kappa shape index (κ2) is 6.88. The highest BCUT2D eigenvalue weighted by Crippen LogP contribution is 2.30. The summed E-state index contributed by atoms with van der Waals surface area (Å²) in [4.78, 5) is 33.9. The third kappa shape index (κ3) is 3.20. The molecule has 0 fully saturated rings. The fourth-order valence-corrected chi connectivity index (χ4v) is 4.11. The number of aryl methyl sites for hydroxylation is 2. The molecule has 1 aliphatic carbocycles. The average molecular weight is 387 g/mol. The van der Waals surface area contributed by atoms with Crippen LogP contribution in [0, 0.1) is 0 Å². The van der Waals surface area contributed by atoms with Gasteiger partial charge in [-0.05, 0) is 54.7 Å². The minimum Gasteiger partial charge on any atom is -0.464 e. The molecule has 0 saturated heterocycles. The number of hydrogen-bond acceptors (Lipinski definition) is 4. The summed E-state index contributed by atoms with van der Waals surface area (Å²) < 4.78 is 5.71. The Kier molecular flexibility index (Phi) is 4.19. The minimum absolute atomic E-state index is 0.0518. The van der Waals surface area contributed by atoms with Crippen molar-refractivity contribution in [2.75, 3.05) is 7.05 Å². The van der Waals surface area contributed by atoms with E-state index in [1.54, 1.807) is 36.4 Å². The molecule has 2 heterocycles. The Morgan fingerprint density at radius 2 is 1.97 bits per heavy atom. The highest BCUT2D eigenvalue weighted by atomic mass is 16.3. The molecule has 29 heavy (non-hydrogen) atoms. The maximum absolute atomic E-state index is 12.8. The number of aromatic nitrogens is 2. The van der Waals surface area contributed by atoms with E-state index in [0.29, 0.717) is 16.7 Å². The number of carbonyl (C=O) groups excluding carboxylic acids is 1. The summed E-state index contributed by atoms with van der Waals surface area (Å²) in [5, 5.41) is 1.56. The number of fused-ring (bicyclic) bond motifs is 3. The van der Waals surface area contributed by atoms with Gasteiger partial charge < -0.3 is 14.3 Å². The van der Waals surface area contributed by atoms with Gasteiger partial charge in [0.05, 0.1) is 30.1 Å². The topological polar surface area (TPSA) is 79.2 Å². The molecule has 1 N–H and O–H groups in total. The maximum Gasteiger partial charge on any atom is 0.258 e. The number of para-hydroxylation sites is 1. The van der Waals surface area contributed by atoms with E-state index >= 15 is 0 Å². The van der Waals surface area contributed by atoms with Crippen LogP contribution in [0.1, 0.15) is 28.9 Å². The lowest BCUT2D eigenvalue weighted by atomic mass is 10.0. The van der Waals surface area contributed by atoms with Gasteiger partial charge in [0.25, 0.3) is 5.56 Å². The van der Waals surface area contributed by atoms with Gasteiger partial charge in [-0.1, -0.05) is 12.1 Å². The molecule has 0 unspecified atom stereocenters. The van der Waals surface area contributed by atoms with Crippen LogP contribution in [0.15, 0.2) is 51.9 Å². The number of benzene rings is 2. The summed E-state index contributed by atoms with van der Waals surface area (Å²) in [5.41, 5.74) is 4.89. The molecule has 4 aromatic rings. The van der Waals surface area contributed by atoms with Gasteiger partial charge in [0, 0.05) is 18.0 Å². The van der Waals surface area contributed by atoms with Gasteiger partial charge in [0.15, 0.2) is 0 Å². The SMILES string of the molecule is CN(Cc1nc2ccccc2c(=O)[nH]1)C(=O)Cc1coc2cc3c(cc12)CCC3. The van der Waals surface area contributed by atoms with E-state index in [1.165, 1.54) is 17.5 Å². The van der Waals surface area contributed by atoms with Gasteiger partial charge in [0.1, 0.15) is 11.4 Å². The van der Waals surface area contributed by atoms with Crippen LogP contribution in [0.4, 0.5) is 0 Å². The number of likely N-dealkylation sites (N-methyl/N-ethyl adjacent to an activating group) is 1. The van der Waals surface area contributed by atoms with Gasteiger partial charge in [-0.25, -0.2) is 4.98 Å². The summed E-state index contributed by atoms with van der Waals surface area (Å²) >= 11 is 0. The predicted molar refractivity (Wildman–Crippen MR) is 111 cm³/mol. The summed E-state index contributed by atoms with van der Waals surface area (Å²) in [7, 11) is 1.72. The zero-order chi connectivity index (χ0) is 20.0. The summed E-state index contributed by atoms with van der Waals surface area (Å²) in [5.74, 6) is 0.420. The van der Waals surface area contributed by atoms with Gasteiger partial charge in [-0.2, -0.15) is 0 Å². The fraction of sp³-hybridized carbons (Fsp3) is 0.261. The number of furan rings is 1. The lowest BCUT2D eigenvalue weighted by Crippen LogP contribution is -2.29. The third-order valence-corrected chi connectivity index (χ3v) is 5.68. The fourth-order valence-electron chi connectivity index (χ4n) is 4.11. The van der Waals surface area contributed by atoms with Crippen LogP contribution in [0.2, 0.25) is 0 Å². The summed E-state index contributed by atoms with van der Waals surface area (Å²) in [6.45, 7) is 0.240. The molecule has 6 nitrogen and oxygen atoms in total. The molecule has 2 aromatic heterocycles. The van der Waals surface area contributed by atoms with Crippen molar-refractivity contribution in [1.29, 1.82) is 0 Å². The van der Waals surface area contributed by atoms with Crippen molar-refractivity contribution in [3.8, 4) is 0 Å². The Morgan fingerprint density at radius 3 is 2.83 bits per heavy atom. The minimum atomic E-state index is -0.193. The second-order valence-electron chi connectivity index (χ2n) is 7.69. The molecule has 146 valence electrons. The number of aromatic amines is 1. The number of carbonyl (C=O) groups is 1. The van der Waals surface area contributed by atoms with Crippen LogP contribution in [0.5, 0.6) is 0 Å². The molecule has 6 heteroatoms. The zero-order valence-corrected chi connectivity index (χ0v) is 16.2. The molecule has 2 aromatic carbocycles. The van der Waals surface area contributed by atoms with Gasteiger partial charge in [0.2, 0.25) is 5.91 Å². The molecule has 1 amide bonds. The maximum atomic E-state index is 12.8. The van der Waals surface area contributed by atoms with E-state index in [2.05, 4.69) is 22.1 Å². The molecule has 1 aliphatic rings. The lowest BCUT2D eigenvalue weighted by molar-refractivity contribution is -0.129. The molecular formula is C23H21N3O3. The van der Waals surface area contributed by atoms with Crippen LogP contribution in [0.3, 0.4) is 0 Å². The molecular weight excluding hydrogens is 366 g/mol. The Labute approximate surface area is 167 Å². The van der Waals surface area contributed by atoms with Crippen molar-refractivity contribution in [2.24, 2.45) is 0 Å².